The van der Waals surface area contributed by atoms with Gasteiger partial charge in [0, 0.05) is 19.8 Å². The van der Waals surface area contributed by atoms with Gasteiger partial charge in [-0.15, -0.1) is 0 Å². The number of hydrogen-bond acceptors (Lipinski definition) is 3. The van der Waals surface area contributed by atoms with Crippen molar-refractivity contribution in [3.63, 3.8) is 0 Å². The molecule has 1 rings (SSSR count). The smallest absolute Gasteiger partial charge is 0.0738 e. The molecule has 2 N–H and O–H groups in total. The van der Waals surface area contributed by atoms with Crippen LogP contribution >= 0.6 is 0 Å². The van der Waals surface area contributed by atoms with Gasteiger partial charge in [-0.1, -0.05) is 0 Å². The summed E-state index contributed by atoms with van der Waals surface area (Å²) in [4.78, 5) is 6.05. The van der Waals surface area contributed by atoms with Crippen LogP contribution in [0.15, 0.2) is 12.3 Å². The molecule has 0 atom stereocenters. The van der Waals surface area contributed by atoms with Crippen LogP contribution in [0, 0.1) is 6.92 Å². The van der Waals surface area contributed by atoms with Crippen molar-refractivity contribution in [2.45, 2.75) is 6.92 Å². The fourth-order valence-corrected chi connectivity index (χ4v) is 0.943. The van der Waals surface area contributed by atoms with E-state index in [9.17, 15) is 0 Å². The van der Waals surface area contributed by atoms with E-state index in [1.54, 1.807) is 6.20 Å². The number of nitrogens with zero attached hydrogens (tertiary/aromatic N) is 2. The van der Waals surface area contributed by atoms with Crippen LogP contribution in [-0.4, -0.2) is 19.1 Å². The van der Waals surface area contributed by atoms with E-state index in [4.69, 9.17) is 5.73 Å². The van der Waals surface area contributed by atoms with Gasteiger partial charge in [-0.2, -0.15) is 0 Å². The van der Waals surface area contributed by atoms with Gasteiger partial charge in [-0.05, 0) is 13.0 Å². The molecule has 0 saturated heterocycles. The first-order chi connectivity index (χ1) is 5.11. The molecule has 11 heavy (non-hydrogen) atoms. The Morgan fingerprint density at radius 1 is 1.45 bits per heavy atom. The van der Waals surface area contributed by atoms with Gasteiger partial charge in [0.2, 0.25) is 0 Å². The number of nitrogens with two attached hydrogens (primary N) is 1. The molecule has 0 fully saturated rings. The molecule has 0 aliphatic heterocycles. The molecule has 0 spiro atoms. The van der Waals surface area contributed by atoms with E-state index < -0.39 is 0 Å². The van der Waals surface area contributed by atoms with Crippen LogP contribution in [0.1, 0.15) is 5.69 Å². The van der Waals surface area contributed by atoms with E-state index in [1.807, 2.05) is 32.0 Å². The lowest BCUT2D eigenvalue weighted by Gasteiger charge is -2.14. The Bertz CT molecular complexity index is 256. The fourth-order valence-electron chi connectivity index (χ4n) is 0.943. The maximum atomic E-state index is 5.69. The Morgan fingerprint density at radius 2 is 2.09 bits per heavy atom. The van der Waals surface area contributed by atoms with Gasteiger partial charge in [0.15, 0.2) is 0 Å². The number of pyridine rings is 1. The first kappa shape index (κ1) is 7.85. The van der Waals surface area contributed by atoms with Crippen LogP contribution in [0.25, 0.3) is 0 Å². The molecule has 0 aliphatic carbocycles. The van der Waals surface area contributed by atoms with Crippen molar-refractivity contribution in [2.75, 3.05) is 24.7 Å². The molecule has 3 heteroatoms. The van der Waals surface area contributed by atoms with E-state index in [0.29, 0.717) is 0 Å². The van der Waals surface area contributed by atoms with Crippen LogP contribution in [0.3, 0.4) is 0 Å². The average Bonchev–Trinajstić information content (AvgIpc) is 1.94. The minimum absolute atomic E-state index is 0.723. The molecule has 3 nitrogen and oxygen atoms in total. The van der Waals surface area contributed by atoms with Crippen LogP contribution in [0.5, 0.6) is 0 Å². The second-order valence-corrected chi connectivity index (χ2v) is 2.78. The van der Waals surface area contributed by atoms with Gasteiger partial charge >= 0.3 is 0 Å². The maximum absolute atomic E-state index is 5.69. The molecule has 60 valence electrons. The van der Waals surface area contributed by atoms with Gasteiger partial charge in [-0.3, -0.25) is 4.98 Å². The number of aromatic nitrogens is 1. The van der Waals surface area contributed by atoms with Crippen molar-refractivity contribution in [3.8, 4) is 0 Å². The SMILES string of the molecule is Cc1cc(N(C)C)c(N)cn1. The molecule has 1 heterocycles. The predicted molar refractivity (Wildman–Crippen MR) is 47.7 cm³/mol. The zero-order valence-electron chi connectivity index (χ0n) is 7.13. The number of rotatable bonds is 1. The standard InChI is InChI=1S/C8H13N3/c1-6-4-8(11(2)3)7(9)5-10-6/h4-5H,9H2,1-3H3. The highest BCUT2D eigenvalue weighted by molar-refractivity contribution is 5.65. The van der Waals surface area contributed by atoms with E-state index in [0.717, 1.165) is 17.1 Å². The molecule has 0 aromatic carbocycles. The van der Waals surface area contributed by atoms with Gasteiger partial charge in [0.25, 0.3) is 0 Å². The highest BCUT2D eigenvalue weighted by Gasteiger charge is 2.00. The highest BCUT2D eigenvalue weighted by atomic mass is 15.1. The van der Waals surface area contributed by atoms with E-state index in [-0.39, 0.29) is 0 Å². The Kier molecular flexibility index (Phi) is 1.98. The first-order valence-corrected chi connectivity index (χ1v) is 3.50. The van der Waals surface area contributed by atoms with Crippen LogP contribution in [-0.2, 0) is 0 Å². The van der Waals surface area contributed by atoms with Crippen molar-refractivity contribution in [1.29, 1.82) is 0 Å². The highest BCUT2D eigenvalue weighted by Crippen LogP contribution is 2.19. The lowest BCUT2D eigenvalue weighted by molar-refractivity contribution is 1.10. The Hall–Kier alpha value is -1.25. The summed E-state index contributed by atoms with van der Waals surface area (Å²) in [5, 5.41) is 0. The summed E-state index contributed by atoms with van der Waals surface area (Å²) < 4.78 is 0. The first-order valence-electron chi connectivity index (χ1n) is 3.50. The third kappa shape index (κ3) is 1.61. The summed E-state index contributed by atoms with van der Waals surface area (Å²) in [6, 6.07) is 1.97. The summed E-state index contributed by atoms with van der Waals surface area (Å²) in [7, 11) is 3.93. The fraction of sp³-hybridized carbons (Fsp3) is 0.375. The summed E-state index contributed by atoms with van der Waals surface area (Å²) in [5.41, 5.74) is 8.42. The van der Waals surface area contributed by atoms with Crippen LogP contribution in [0.4, 0.5) is 11.4 Å². The molecule has 0 unspecified atom stereocenters. The molecular formula is C8H13N3. The zero-order valence-corrected chi connectivity index (χ0v) is 7.13. The Labute approximate surface area is 66.8 Å². The van der Waals surface area contributed by atoms with Gasteiger partial charge in [-0.25, -0.2) is 0 Å². The van der Waals surface area contributed by atoms with Gasteiger partial charge in [0.05, 0.1) is 17.6 Å². The second-order valence-electron chi connectivity index (χ2n) is 2.78. The van der Waals surface area contributed by atoms with Crippen LogP contribution in [0.2, 0.25) is 0 Å². The lowest BCUT2D eigenvalue weighted by atomic mass is 10.3. The number of anilines is 2. The largest absolute Gasteiger partial charge is 0.396 e. The van der Waals surface area contributed by atoms with Crippen LogP contribution < -0.4 is 10.6 Å². The summed E-state index contributed by atoms with van der Waals surface area (Å²) >= 11 is 0. The molecule has 1 aromatic rings. The zero-order chi connectivity index (χ0) is 8.43. The van der Waals surface area contributed by atoms with Crippen molar-refractivity contribution >= 4 is 11.4 Å². The van der Waals surface area contributed by atoms with Gasteiger partial charge in [0.1, 0.15) is 0 Å². The Balaban J connectivity index is 3.13. The van der Waals surface area contributed by atoms with E-state index in [1.165, 1.54) is 0 Å². The topological polar surface area (TPSA) is 42.1 Å². The molecule has 0 radical (unpaired) electrons. The van der Waals surface area contributed by atoms with Crippen molar-refractivity contribution in [3.05, 3.63) is 18.0 Å². The summed E-state index contributed by atoms with van der Waals surface area (Å²) in [5.74, 6) is 0. The van der Waals surface area contributed by atoms with E-state index in [2.05, 4.69) is 4.98 Å². The maximum Gasteiger partial charge on any atom is 0.0738 e. The molecule has 0 amide bonds. The average molecular weight is 151 g/mol. The van der Waals surface area contributed by atoms with Crippen molar-refractivity contribution < 1.29 is 0 Å². The lowest BCUT2D eigenvalue weighted by Crippen LogP contribution is -2.11. The normalized spacial score (nSPS) is 9.73. The van der Waals surface area contributed by atoms with Crippen molar-refractivity contribution in [1.82, 2.24) is 4.98 Å². The van der Waals surface area contributed by atoms with E-state index >= 15 is 0 Å². The molecule has 0 saturated carbocycles. The van der Waals surface area contributed by atoms with Crippen molar-refractivity contribution in [2.24, 2.45) is 0 Å². The monoisotopic (exact) mass is 151 g/mol. The number of nitrogen functional groups attached to an aromatic ring is 1. The quantitative estimate of drug-likeness (QED) is 0.652. The molecular weight excluding hydrogens is 138 g/mol. The summed E-state index contributed by atoms with van der Waals surface area (Å²) in [6.45, 7) is 1.95. The van der Waals surface area contributed by atoms with Gasteiger partial charge < -0.3 is 10.6 Å². The summed E-state index contributed by atoms with van der Waals surface area (Å²) in [6.07, 6.45) is 1.69. The third-order valence-corrected chi connectivity index (χ3v) is 1.53. The number of hydrogen-bond donors (Lipinski definition) is 1. The molecule has 0 aliphatic rings. The predicted octanol–water partition coefficient (Wildman–Crippen LogP) is 1.04. The molecule has 1 aromatic heterocycles. The second kappa shape index (κ2) is 2.78. The minimum Gasteiger partial charge on any atom is -0.396 e. The minimum atomic E-state index is 0.723. The Morgan fingerprint density at radius 3 is 2.55 bits per heavy atom. The third-order valence-electron chi connectivity index (χ3n) is 1.53. The molecule has 0 bridgehead atoms. The number of aryl methyl sites for hydroxylation is 1.